The maximum atomic E-state index is 12.7. The Morgan fingerprint density at radius 2 is 2.06 bits per heavy atom. The number of nitrogens with zero attached hydrogens (tertiary/aromatic N) is 3. The van der Waals surface area contributed by atoms with Crippen LogP contribution < -0.4 is 4.90 Å². The molecule has 1 saturated heterocycles. The fourth-order valence-electron chi connectivity index (χ4n) is 4.15. The second-order valence-electron chi connectivity index (χ2n) is 9.40. The second kappa shape index (κ2) is 10.3. The smallest absolute Gasteiger partial charge is 0.416 e. The molecule has 7 heteroatoms. The lowest BCUT2D eigenvalue weighted by molar-refractivity contribution is -0.134. The van der Waals surface area contributed by atoms with Gasteiger partial charge in [-0.2, -0.15) is 0 Å². The number of pyridine rings is 1. The number of carbonyl (C=O) groups excluding carboxylic acids is 2. The van der Waals surface area contributed by atoms with E-state index >= 15 is 0 Å². The largest absolute Gasteiger partial charge is 0.466 e. The van der Waals surface area contributed by atoms with Gasteiger partial charge >= 0.3 is 12.1 Å². The molecule has 0 unspecified atom stereocenters. The molecule has 3 heterocycles. The monoisotopic (exact) mass is 429 g/mol. The van der Waals surface area contributed by atoms with Gasteiger partial charge in [-0.1, -0.05) is 12.1 Å². The van der Waals surface area contributed by atoms with Crippen LogP contribution in [0.5, 0.6) is 0 Å². The number of hydrogen-bond acceptors (Lipinski definition) is 6. The van der Waals surface area contributed by atoms with Crippen molar-refractivity contribution >= 4 is 17.9 Å². The normalized spacial score (nSPS) is 19.5. The molecule has 1 aromatic heterocycles. The highest BCUT2D eigenvalue weighted by atomic mass is 16.6. The quantitative estimate of drug-likeness (QED) is 0.507. The Balaban J connectivity index is 1.55. The minimum absolute atomic E-state index is 0.311. The number of amides is 1. The summed E-state index contributed by atoms with van der Waals surface area (Å²) < 4.78 is 10.2. The van der Waals surface area contributed by atoms with E-state index in [0.717, 1.165) is 68.8 Å². The summed E-state index contributed by atoms with van der Waals surface area (Å²) in [4.78, 5) is 32.7. The van der Waals surface area contributed by atoms with Crippen LogP contribution in [0.1, 0.15) is 51.3 Å². The van der Waals surface area contributed by atoms with E-state index in [1.54, 1.807) is 4.90 Å². The number of anilines is 1. The van der Waals surface area contributed by atoms with Crippen molar-refractivity contribution in [1.29, 1.82) is 0 Å². The van der Waals surface area contributed by atoms with Crippen LogP contribution >= 0.6 is 0 Å². The minimum Gasteiger partial charge on any atom is -0.466 e. The number of ether oxygens (including phenoxy) is 2. The van der Waals surface area contributed by atoms with Gasteiger partial charge in [-0.15, -0.1) is 0 Å². The predicted octanol–water partition coefficient (Wildman–Crippen LogP) is 3.75. The zero-order valence-electron chi connectivity index (χ0n) is 19.2. The molecule has 0 spiro atoms. The number of methoxy groups -OCH3 is 1. The average molecular weight is 430 g/mol. The molecule has 0 aromatic carbocycles. The molecule has 1 amide bonds. The number of carbonyl (C=O) groups is 2. The van der Waals surface area contributed by atoms with E-state index in [4.69, 9.17) is 9.72 Å². The van der Waals surface area contributed by atoms with Gasteiger partial charge in [0, 0.05) is 31.4 Å². The van der Waals surface area contributed by atoms with Gasteiger partial charge < -0.3 is 9.47 Å². The van der Waals surface area contributed by atoms with Gasteiger partial charge in [0.15, 0.2) is 0 Å². The molecule has 2 aliphatic rings. The Bertz CT molecular complexity index is 816. The zero-order valence-corrected chi connectivity index (χ0v) is 19.2. The first-order valence-electron chi connectivity index (χ1n) is 11.2. The van der Waals surface area contributed by atoms with E-state index in [0.29, 0.717) is 12.5 Å². The zero-order chi connectivity index (χ0) is 22.4. The SMILES string of the molecule is COC(=O)/C=C/CN1CC[C@@H](CCc2ccc3c(n2)N(C(=O)OC(C)(C)C)CCC3)C1. The third-order valence-electron chi connectivity index (χ3n) is 5.71. The van der Waals surface area contributed by atoms with E-state index in [1.807, 2.05) is 26.8 Å². The first kappa shape index (κ1) is 23.3. The third kappa shape index (κ3) is 6.79. The summed E-state index contributed by atoms with van der Waals surface area (Å²) in [5, 5.41) is 0. The highest BCUT2D eigenvalue weighted by Gasteiger charge is 2.29. The Morgan fingerprint density at radius 3 is 2.81 bits per heavy atom. The van der Waals surface area contributed by atoms with Gasteiger partial charge in [0.2, 0.25) is 0 Å². The van der Waals surface area contributed by atoms with Gasteiger partial charge in [0.1, 0.15) is 11.4 Å². The van der Waals surface area contributed by atoms with Crippen LogP contribution in [0, 0.1) is 5.92 Å². The number of aromatic nitrogens is 1. The van der Waals surface area contributed by atoms with Crippen molar-refractivity contribution in [2.45, 2.75) is 58.5 Å². The maximum absolute atomic E-state index is 12.7. The molecule has 0 aliphatic carbocycles. The highest BCUT2D eigenvalue weighted by molar-refractivity contribution is 5.88. The second-order valence-corrected chi connectivity index (χ2v) is 9.40. The molecular weight excluding hydrogens is 394 g/mol. The molecule has 7 nitrogen and oxygen atoms in total. The van der Waals surface area contributed by atoms with E-state index in [1.165, 1.54) is 13.2 Å². The number of aryl methyl sites for hydroxylation is 2. The predicted molar refractivity (Wildman–Crippen MR) is 120 cm³/mol. The van der Waals surface area contributed by atoms with Crippen molar-refractivity contribution in [2.75, 3.05) is 38.2 Å². The molecule has 31 heavy (non-hydrogen) atoms. The highest BCUT2D eigenvalue weighted by Crippen LogP contribution is 2.28. The molecule has 3 rings (SSSR count). The van der Waals surface area contributed by atoms with E-state index in [2.05, 4.69) is 21.8 Å². The molecule has 1 fully saturated rings. The van der Waals surface area contributed by atoms with Crippen molar-refractivity contribution in [3.8, 4) is 0 Å². The molecular formula is C24H35N3O4. The Kier molecular flexibility index (Phi) is 7.70. The Labute approximate surface area is 185 Å². The summed E-state index contributed by atoms with van der Waals surface area (Å²) in [6, 6.07) is 4.22. The van der Waals surface area contributed by atoms with Crippen molar-refractivity contribution in [2.24, 2.45) is 5.92 Å². The standard InChI is InChI=1S/C24H35N3O4/c1-24(2,3)31-23(29)27-15-5-7-19-10-12-20(25-22(19)27)11-9-18-13-16-26(17-18)14-6-8-21(28)30-4/h6,8,10,12,18H,5,7,9,11,13-17H2,1-4H3/b8-6+/t18-/m1/s1. The topological polar surface area (TPSA) is 72.0 Å². The fourth-order valence-corrected chi connectivity index (χ4v) is 4.15. The van der Waals surface area contributed by atoms with E-state index in [9.17, 15) is 9.59 Å². The lowest BCUT2D eigenvalue weighted by Gasteiger charge is -2.31. The van der Waals surface area contributed by atoms with Crippen molar-refractivity contribution < 1.29 is 19.1 Å². The number of esters is 1. The van der Waals surface area contributed by atoms with E-state index in [-0.39, 0.29) is 12.1 Å². The first-order valence-corrected chi connectivity index (χ1v) is 11.2. The average Bonchev–Trinajstić information content (AvgIpc) is 3.18. The van der Waals surface area contributed by atoms with Gasteiger partial charge in [-0.05, 0) is 77.0 Å². The van der Waals surface area contributed by atoms with Crippen LogP contribution in [-0.4, -0.2) is 60.8 Å². The first-order chi connectivity index (χ1) is 14.7. The summed E-state index contributed by atoms with van der Waals surface area (Å²) in [6.07, 6.45) is 8.02. The lowest BCUT2D eigenvalue weighted by atomic mass is 10.00. The fraction of sp³-hybridized carbons (Fsp3) is 0.625. The van der Waals surface area contributed by atoms with Crippen molar-refractivity contribution in [3.63, 3.8) is 0 Å². The molecule has 0 saturated carbocycles. The molecule has 0 bridgehead atoms. The number of hydrogen-bond donors (Lipinski definition) is 0. The number of fused-ring (bicyclic) bond motifs is 1. The molecule has 0 radical (unpaired) electrons. The molecule has 170 valence electrons. The van der Waals surface area contributed by atoms with Crippen LogP contribution in [0.3, 0.4) is 0 Å². The van der Waals surface area contributed by atoms with E-state index < -0.39 is 5.60 Å². The Morgan fingerprint density at radius 1 is 1.26 bits per heavy atom. The van der Waals surface area contributed by atoms with Crippen molar-refractivity contribution in [1.82, 2.24) is 9.88 Å². The third-order valence-corrected chi connectivity index (χ3v) is 5.71. The summed E-state index contributed by atoms with van der Waals surface area (Å²) in [5.74, 6) is 1.07. The van der Waals surface area contributed by atoms with Gasteiger partial charge in [0.05, 0.1) is 7.11 Å². The molecule has 0 N–H and O–H groups in total. The number of likely N-dealkylation sites (tertiary alicyclic amines) is 1. The van der Waals surface area contributed by atoms with Crippen LogP contribution in [0.2, 0.25) is 0 Å². The van der Waals surface area contributed by atoms with Crippen LogP contribution in [0.4, 0.5) is 10.6 Å². The molecule has 1 aromatic rings. The summed E-state index contributed by atoms with van der Waals surface area (Å²) in [5.41, 5.74) is 1.62. The summed E-state index contributed by atoms with van der Waals surface area (Å²) in [6.45, 7) is 9.14. The Hall–Kier alpha value is -2.41. The minimum atomic E-state index is -0.521. The van der Waals surface area contributed by atoms with Gasteiger partial charge in [-0.25, -0.2) is 14.6 Å². The molecule has 1 atom stereocenters. The van der Waals surface area contributed by atoms with Gasteiger partial charge in [0.25, 0.3) is 0 Å². The van der Waals surface area contributed by atoms with Gasteiger partial charge in [-0.3, -0.25) is 9.80 Å². The van der Waals surface area contributed by atoms with Crippen molar-refractivity contribution in [3.05, 3.63) is 35.5 Å². The summed E-state index contributed by atoms with van der Waals surface area (Å²) in [7, 11) is 1.39. The summed E-state index contributed by atoms with van der Waals surface area (Å²) >= 11 is 0. The van der Waals surface area contributed by atoms with Crippen LogP contribution in [-0.2, 0) is 27.1 Å². The van der Waals surface area contributed by atoms with Crippen LogP contribution in [0.15, 0.2) is 24.3 Å². The maximum Gasteiger partial charge on any atom is 0.416 e. The lowest BCUT2D eigenvalue weighted by Crippen LogP contribution is -2.40. The van der Waals surface area contributed by atoms with Crippen LogP contribution in [0.25, 0.3) is 0 Å². The number of rotatable bonds is 6. The molecule has 2 aliphatic heterocycles.